The number of thiazole rings is 1. The molecule has 0 unspecified atom stereocenters. The monoisotopic (exact) mass is 356 g/mol. The first-order chi connectivity index (χ1) is 12.2. The van der Waals surface area contributed by atoms with Crippen LogP contribution in [0.2, 0.25) is 0 Å². The van der Waals surface area contributed by atoms with Gasteiger partial charge in [-0.25, -0.2) is 4.98 Å². The zero-order chi connectivity index (χ0) is 17.2. The first kappa shape index (κ1) is 16.1. The van der Waals surface area contributed by atoms with Gasteiger partial charge in [0.15, 0.2) is 4.96 Å². The molecule has 1 saturated heterocycles. The molecule has 0 radical (unpaired) electrons. The Morgan fingerprint density at radius 1 is 1.36 bits per heavy atom. The van der Waals surface area contributed by atoms with Gasteiger partial charge in [0.05, 0.1) is 25.3 Å². The van der Waals surface area contributed by atoms with E-state index in [1.165, 1.54) is 5.69 Å². The van der Waals surface area contributed by atoms with Crippen LogP contribution in [0.5, 0.6) is 0 Å². The van der Waals surface area contributed by atoms with Gasteiger partial charge in [0.1, 0.15) is 0 Å². The number of carbonyl (C=O) groups is 1. The van der Waals surface area contributed by atoms with Crippen LogP contribution in [0.1, 0.15) is 11.3 Å². The van der Waals surface area contributed by atoms with Crippen molar-refractivity contribution in [2.75, 3.05) is 36.5 Å². The number of benzene rings is 1. The van der Waals surface area contributed by atoms with E-state index in [1.807, 2.05) is 35.2 Å². The van der Waals surface area contributed by atoms with E-state index in [1.54, 1.807) is 11.3 Å². The molecule has 1 N–H and O–H groups in total. The summed E-state index contributed by atoms with van der Waals surface area (Å²) in [7, 11) is 0. The quantitative estimate of drug-likeness (QED) is 0.781. The number of aryl methyl sites for hydroxylation is 1. The van der Waals surface area contributed by atoms with Crippen LogP contribution in [0.25, 0.3) is 4.96 Å². The third kappa shape index (κ3) is 3.52. The summed E-state index contributed by atoms with van der Waals surface area (Å²) < 4.78 is 7.33. The lowest BCUT2D eigenvalue weighted by Gasteiger charge is -2.29. The SMILES string of the molecule is Cc1cc(N2CCOCC2)ccc1NC(=O)Cc1cn2ccsc2n1. The van der Waals surface area contributed by atoms with Gasteiger partial charge in [-0.05, 0) is 30.7 Å². The maximum Gasteiger partial charge on any atom is 0.230 e. The summed E-state index contributed by atoms with van der Waals surface area (Å²) >= 11 is 1.56. The summed E-state index contributed by atoms with van der Waals surface area (Å²) in [5.41, 5.74) is 3.87. The minimum absolute atomic E-state index is 0.0482. The van der Waals surface area contributed by atoms with Crippen molar-refractivity contribution in [1.29, 1.82) is 0 Å². The van der Waals surface area contributed by atoms with E-state index in [4.69, 9.17) is 4.74 Å². The highest BCUT2D eigenvalue weighted by Crippen LogP contribution is 2.23. The van der Waals surface area contributed by atoms with Crippen molar-refractivity contribution in [3.05, 3.63) is 47.2 Å². The van der Waals surface area contributed by atoms with Crippen molar-refractivity contribution in [3.8, 4) is 0 Å². The number of nitrogens with one attached hydrogen (secondary N) is 1. The Labute approximate surface area is 150 Å². The highest BCUT2D eigenvalue weighted by atomic mass is 32.1. The fourth-order valence-corrected chi connectivity index (χ4v) is 3.75. The van der Waals surface area contributed by atoms with Gasteiger partial charge < -0.3 is 15.0 Å². The van der Waals surface area contributed by atoms with Crippen LogP contribution < -0.4 is 10.2 Å². The molecular weight excluding hydrogens is 336 g/mol. The largest absolute Gasteiger partial charge is 0.378 e. The number of ether oxygens (including phenoxy) is 1. The summed E-state index contributed by atoms with van der Waals surface area (Å²) in [4.78, 5) is 20.0. The van der Waals surface area contributed by atoms with E-state index in [9.17, 15) is 4.79 Å². The molecule has 0 spiro atoms. The van der Waals surface area contributed by atoms with E-state index in [-0.39, 0.29) is 12.3 Å². The minimum atomic E-state index is -0.0482. The molecule has 4 rings (SSSR count). The molecule has 3 aromatic rings. The Kier molecular flexibility index (Phi) is 4.42. The highest BCUT2D eigenvalue weighted by molar-refractivity contribution is 7.15. The Hall–Kier alpha value is -2.38. The number of hydrogen-bond donors (Lipinski definition) is 1. The number of nitrogens with zero attached hydrogens (tertiary/aromatic N) is 3. The van der Waals surface area contributed by atoms with Crippen molar-refractivity contribution in [1.82, 2.24) is 9.38 Å². The first-order valence-electron chi connectivity index (χ1n) is 8.33. The number of aromatic nitrogens is 2. The van der Waals surface area contributed by atoms with Crippen LogP contribution in [0, 0.1) is 6.92 Å². The molecule has 7 heteroatoms. The number of hydrogen-bond acceptors (Lipinski definition) is 5. The molecule has 1 aliphatic rings. The third-order valence-corrected chi connectivity index (χ3v) is 5.12. The summed E-state index contributed by atoms with van der Waals surface area (Å²) in [5.74, 6) is -0.0482. The predicted molar refractivity (Wildman–Crippen MR) is 99.6 cm³/mol. The molecule has 1 aliphatic heterocycles. The fraction of sp³-hybridized carbons (Fsp3) is 0.333. The molecule has 1 fully saturated rings. The maximum atomic E-state index is 12.3. The normalized spacial score (nSPS) is 14.8. The van der Waals surface area contributed by atoms with Gasteiger partial charge in [0, 0.05) is 42.2 Å². The standard InChI is InChI=1S/C18H20N4O2S/c1-13-10-15(21-4-7-24-8-5-21)2-3-16(13)20-17(23)11-14-12-22-6-9-25-18(22)19-14/h2-3,6,9-10,12H,4-5,7-8,11H2,1H3,(H,20,23). The van der Waals surface area contributed by atoms with Crippen molar-refractivity contribution in [2.45, 2.75) is 13.3 Å². The molecule has 3 heterocycles. The Morgan fingerprint density at radius 2 is 2.20 bits per heavy atom. The van der Waals surface area contributed by atoms with Crippen molar-refractivity contribution in [3.63, 3.8) is 0 Å². The number of fused-ring (bicyclic) bond motifs is 1. The second kappa shape index (κ2) is 6.85. The lowest BCUT2D eigenvalue weighted by molar-refractivity contribution is -0.115. The van der Waals surface area contributed by atoms with E-state index < -0.39 is 0 Å². The van der Waals surface area contributed by atoms with Gasteiger partial charge in [0.25, 0.3) is 0 Å². The van der Waals surface area contributed by atoms with Crippen LogP contribution in [0.15, 0.2) is 36.0 Å². The molecule has 1 aromatic carbocycles. The second-order valence-electron chi connectivity index (χ2n) is 6.15. The van der Waals surface area contributed by atoms with Crippen LogP contribution in [0.3, 0.4) is 0 Å². The Morgan fingerprint density at radius 3 is 2.96 bits per heavy atom. The van der Waals surface area contributed by atoms with Gasteiger partial charge >= 0.3 is 0 Å². The molecule has 2 aromatic heterocycles. The number of carbonyl (C=O) groups excluding carboxylic acids is 1. The number of rotatable bonds is 4. The maximum absolute atomic E-state index is 12.3. The highest BCUT2D eigenvalue weighted by Gasteiger charge is 2.14. The van der Waals surface area contributed by atoms with Crippen LogP contribution in [-0.2, 0) is 16.0 Å². The van der Waals surface area contributed by atoms with E-state index in [2.05, 4.69) is 27.3 Å². The molecular formula is C18H20N4O2S. The molecule has 0 saturated carbocycles. The van der Waals surface area contributed by atoms with Gasteiger partial charge in [0.2, 0.25) is 5.91 Å². The molecule has 0 bridgehead atoms. The van der Waals surface area contributed by atoms with E-state index in [0.717, 1.165) is 48.2 Å². The lowest BCUT2D eigenvalue weighted by Crippen LogP contribution is -2.36. The van der Waals surface area contributed by atoms with Crippen molar-refractivity contribution >= 4 is 33.6 Å². The molecule has 1 amide bonds. The summed E-state index contributed by atoms with van der Waals surface area (Å²) in [6.07, 6.45) is 4.13. The van der Waals surface area contributed by atoms with Crippen LogP contribution in [-0.4, -0.2) is 41.6 Å². The second-order valence-corrected chi connectivity index (χ2v) is 7.02. The number of amides is 1. The third-order valence-electron chi connectivity index (χ3n) is 4.35. The topological polar surface area (TPSA) is 58.9 Å². The van der Waals surface area contributed by atoms with E-state index in [0.29, 0.717) is 0 Å². The molecule has 6 nitrogen and oxygen atoms in total. The van der Waals surface area contributed by atoms with Crippen molar-refractivity contribution < 1.29 is 9.53 Å². The van der Waals surface area contributed by atoms with Gasteiger partial charge in [-0.1, -0.05) is 0 Å². The average Bonchev–Trinajstić information content (AvgIpc) is 3.19. The Balaban J connectivity index is 1.42. The minimum Gasteiger partial charge on any atom is -0.378 e. The van der Waals surface area contributed by atoms with Crippen LogP contribution in [0.4, 0.5) is 11.4 Å². The van der Waals surface area contributed by atoms with Crippen LogP contribution >= 0.6 is 11.3 Å². The van der Waals surface area contributed by atoms with E-state index >= 15 is 0 Å². The Bertz CT molecular complexity index is 867. The predicted octanol–water partition coefficient (Wildman–Crippen LogP) is 2.72. The van der Waals surface area contributed by atoms with Gasteiger partial charge in [-0.2, -0.15) is 0 Å². The average molecular weight is 356 g/mol. The summed E-state index contributed by atoms with van der Waals surface area (Å²) in [6, 6.07) is 6.15. The molecule has 0 aliphatic carbocycles. The zero-order valence-electron chi connectivity index (χ0n) is 14.1. The number of morpholine rings is 1. The van der Waals surface area contributed by atoms with Gasteiger partial charge in [-0.3, -0.25) is 9.20 Å². The van der Waals surface area contributed by atoms with Gasteiger partial charge in [-0.15, -0.1) is 11.3 Å². The summed E-state index contributed by atoms with van der Waals surface area (Å²) in [5, 5.41) is 4.98. The summed E-state index contributed by atoms with van der Waals surface area (Å²) in [6.45, 7) is 5.36. The fourth-order valence-electron chi connectivity index (χ4n) is 3.03. The number of imidazole rings is 1. The first-order valence-corrected chi connectivity index (χ1v) is 9.21. The molecule has 0 atom stereocenters. The lowest BCUT2D eigenvalue weighted by atomic mass is 10.1. The zero-order valence-corrected chi connectivity index (χ0v) is 14.9. The smallest absolute Gasteiger partial charge is 0.230 e. The molecule has 130 valence electrons. The number of anilines is 2. The van der Waals surface area contributed by atoms with Crippen molar-refractivity contribution in [2.24, 2.45) is 0 Å². The molecule has 25 heavy (non-hydrogen) atoms.